The van der Waals surface area contributed by atoms with E-state index in [1.807, 2.05) is 6.92 Å². The average molecular weight is 254 g/mol. The Hall–Kier alpha value is -1.78. The second-order valence-corrected chi connectivity index (χ2v) is 3.75. The third kappa shape index (κ3) is 3.12. The summed E-state index contributed by atoms with van der Waals surface area (Å²) in [6.45, 7) is 6.92. The van der Waals surface area contributed by atoms with Crippen LogP contribution in [-0.4, -0.2) is 11.9 Å². The summed E-state index contributed by atoms with van der Waals surface area (Å²) in [6.07, 6.45) is 1.04. The lowest BCUT2D eigenvalue weighted by molar-refractivity contribution is -0.136. The maximum atomic E-state index is 11.4. The van der Waals surface area contributed by atoms with Crippen LogP contribution in [0.5, 0.6) is 11.5 Å². The Labute approximate surface area is 106 Å². The fourth-order valence-corrected chi connectivity index (χ4v) is 1.39. The molecule has 0 aromatic carbocycles. The van der Waals surface area contributed by atoms with Crippen LogP contribution in [0, 0.1) is 6.92 Å². The molecule has 0 aliphatic rings. The monoisotopic (exact) mass is 254 g/mol. The van der Waals surface area contributed by atoms with Gasteiger partial charge in [-0.3, -0.25) is 9.59 Å². The molecule has 0 aliphatic carbocycles. The summed E-state index contributed by atoms with van der Waals surface area (Å²) in [7, 11) is 0. The van der Waals surface area contributed by atoms with Gasteiger partial charge in [0.2, 0.25) is 11.5 Å². The van der Waals surface area contributed by atoms with Gasteiger partial charge < -0.3 is 13.9 Å². The molecule has 0 radical (unpaired) electrons. The normalized spacial score (nSPS) is 10.2. The van der Waals surface area contributed by atoms with Crippen molar-refractivity contribution in [3.8, 4) is 11.5 Å². The van der Waals surface area contributed by atoms with E-state index in [1.54, 1.807) is 20.8 Å². The van der Waals surface area contributed by atoms with E-state index in [-0.39, 0.29) is 30.3 Å². The van der Waals surface area contributed by atoms with Gasteiger partial charge in [0.15, 0.2) is 5.76 Å². The molecule has 1 heterocycles. The topological polar surface area (TPSA) is 65.7 Å². The first-order valence-corrected chi connectivity index (χ1v) is 6.06. The van der Waals surface area contributed by atoms with Crippen molar-refractivity contribution in [1.82, 2.24) is 0 Å². The molecule has 0 bridgehead atoms. The number of hydrogen-bond donors (Lipinski definition) is 0. The summed E-state index contributed by atoms with van der Waals surface area (Å²) in [4.78, 5) is 22.7. The van der Waals surface area contributed by atoms with Gasteiger partial charge in [-0.2, -0.15) is 0 Å². The van der Waals surface area contributed by atoms with Crippen molar-refractivity contribution in [1.29, 1.82) is 0 Å². The number of rotatable bonds is 5. The zero-order valence-electron chi connectivity index (χ0n) is 11.2. The number of aryl methyl sites for hydroxylation is 2. The molecule has 0 saturated carbocycles. The lowest BCUT2D eigenvalue weighted by Gasteiger charge is -2.06. The van der Waals surface area contributed by atoms with Crippen LogP contribution in [-0.2, 0) is 16.0 Å². The van der Waals surface area contributed by atoms with Gasteiger partial charge in [-0.05, 0) is 6.92 Å². The molecule has 1 aromatic rings. The van der Waals surface area contributed by atoms with Gasteiger partial charge >= 0.3 is 11.9 Å². The highest BCUT2D eigenvalue weighted by atomic mass is 16.6. The standard InChI is InChI=1S/C13H18O5/c1-5-9-13(18-11(15)7-3)12(8(4)16-9)17-10(14)6-2/h5-7H2,1-4H3. The summed E-state index contributed by atoms with van der Waals surface area (Å²) in [6, 6.07) is 0. The van der Waals surface area contributed by atoms with Gasteiger partial charge in [-0.1, -0.05) is 20.8 Å². The second kappa shape index (κ2) is 6.23. The minimum absolute atomic E-state index is 0.209. The number of carbonyl (C=O) groups excluding carboxylic acids is 2. The number of furan rings is 1. The van der Waals surface area contributed by atoms with Gasteiger partial charge in [0, 0.05) is 19.3 Å². The van der Waals surface area contributed by atoms with Crippen LogP contribution in [0.2, 0.25) is 0 Å². The zero-order chi connectivity index (χ0) is 13.7. The van der Waals surface area contributed by atoms with Crippen LogP contribution in [0.25, 0.3) is 0 Å². The Morgan fingerprint density at radius 1 is 1.00 bits per heavy atom. The molecular weight excluding hydrogens is 236 g/mol. The van der Waals surface area contributed by atoms with Gasteiger partial charge in [0.25, 0.3) is 0 Å². The fraction of sp³-hybridized carbons (Fsp3) is 0.538. The maximum absolute atomic E-state index is 11.4. The largest absolute Gasteiger partial charge is 0.458 e. The van der Waals surface area contributed by atoms with E-state index in [4.69, 9.17) is 13.9 Å². The highest BCUT2D eigenvalue weighted by molar-refractivity contribution is 5.76. The summed E-state index contributed by atoms with van der Waals surface area (Å²) in [5, 5.41) is 0. The number of carbonyl (C=O) groups is 2. The molecule has 0 amide bonds. The smallest absolute Gasteiger partial charge is 0.311 e. The number of esters is 2. The molecule has 100 valence electrons. The van der Waals surface area contributed by atoms with E-state index in [0.717, 1.165) is 0 Å². The first-order valence-electron chi connectivity index (χ1n) is 6.06. The van der Waals surface area contributed by atoms with Crippen molar-refractivity contribution in [3.63, 3.8) is 0 Å². The van der Waals surface area contributed by atoms with Gasteiger partial charge in [0.1, 0.15) is 5.76 Å². The van der Waals surface area contributed by atoms with Crippen LogP contribution >= 0.6 is 0 Å². The molecule has 0 atom stereocenters. The van der Waals surface area contributed by atoms with Crippen LogP contribution in [0.3, 0.4) is 0 Å². The van der Waals surface area contributed by atoms with E-state index in [9.17, 15) is 9.59 Å². The maximum Gasteiger partial charge on any atom is 0.311 e. The Morgan fingerprint density at radius 3 is 1.94 bits per heavy atom. The lowest BCUT2D eigenvalue weighted by atomic mass is 10.3. The summed E-state index contributed by atoms with van der Waals surface area (Å²) in [5.41, 5.74) is 0. The molecule has 5 nitrogen and oxygen atoms in total. The third-order valence-corrected chi connectivity index (χ3v) is 2.39. The van der Waals surface area contributed by atoms with Crippen molar-refractivity contribution in [2.45, 2.75) is 47.0 Å². The Morgan fingerprint density at radius 2 is 1.50 bits per heavy atom. The minimum atomic E-state index is -0.393. The van der Waals surface area contributed by atoms with Crippen LogP contribution in [0.4, 0.5) is 0 Å². The SMILES string of the molecule is CCC(=O)Oc1c(C)oc(CC)c1OC(=O)CC. The van der Waals surface area contributed by atoms with E-state index in [2.05, 4.69) is 0 Å². The van der Waals surface area contributed by atoms with Crippen LogP contribution in [0.15, 0.2) is 4.42 Å². The minimum Gasteiger partial charge on any atom is -0.458 e. The molecule has 0 saturated heterocycles. The van der Waals surface area contributed by atoms with Crippen LogP contribution < -0.4 is 9.47 Å². The van der Waals surface area contributed by atoms with Crippen molar-refractivity contribution in [3.05, 3.63) is 11.5 Å². The molecule has 0 unspecified atom stereocenters. The Kier molecular flexibility index (Phi) is 4.95. The van der Waals surface area contributed by atoms with E-state index in [0.29, 0.717) is 17.9 Å². The van der Waals surface area contributed by atoms with Crippen molar-refractivity contribution < 1.29 is 23.5 Å². The molecular formula is C13H18O5. The molecule has 0 fully saturated rings. The van der Waals surface area contributed by atoms with Crippen molar-refractivity contribution >= 4 is 11.9 Å². The average Bonchev–Trinajstić information content (AvgIpc) is 2.66. The molecule has 1 aromatic heterocycles. The third-order valence-electron chi connectivity index (χ3n) is 2.39. The Balaban J connectivity index is 3.09. The molecule has 5 heteroatoms. The van der Waals surface area contributed by atoms with E-state index < -0.39 is 5.97 Å². The first-order chi connectivity index (χ1) is 8.53. The van der Waals surface area contributed by atoms with E-state index in [1.165, 1.54) is 0 Å². The number of ether oxygens (including phenoxy) is 2. The van der Waals surface area contributed by atoms with Crippen molar-refractivity contribution in [2.24, 2.45) is 0 Å². The van der Waals surface area contributed by atoms with E-state index >= 15 is 0 Å². The molecule has 1 rings (SSSR count). The molecule has 0 N–H and O–H groups in total. The summed E-state index contributed by atoms with van der Waals surface area (Å²) in [5.74, 6) is 0.597. The highest BCUT2D eigenvalue weighted by Gasteiger charge is 2.23. The predicted octanol–water partition coefficient (Wildman–Crippen LogP) is 2.78. The molecule has 0 aliphatic heterocycles. The highest BCUT2D eigenvalue weighted by Crippen LogP contribution is 2.38. The fourth-order valence-electron chi connectivity index (χ4n) is 1.39. The quantitative estimate of drug-likeness (QED) is 0.756. The lowest BCUT2D eigenvalue weighted by Crippen LogP contribution is -2.10. The second-order valence-electron chi connectivity index (χ2n) is 3.75. The summed E-state index contributed by atoms with van der Waals surface area (Å²) < 4.78 is 15.7. The van der Waals surface area contributed by atoms with Gasteiger partial charge in [-0.25, -0.2) is 0 Å². The van der Waals surface area contributed by atoms with Crippen LogP contribution in [0.1, 0.15) is 45.1 Å². The summed E-state index contributed by atoms with van der Waals surface area (Å²) >= 11 is 0. The van der Waals surface area contributed by atoms with Gasteiger partial charge in [0.05, 0.1) is 0 Å². The van der Waals surface area contributed by atoms with Crippen molar-refractivity contribution in [2.75, 3.05) is 0 Å². The first kappa shape index (κ1) is 14.3. The Bertz CT molecular complexity index is 444. The van der Waals surface area contributed by atoms with Gasteiger partial charge in [-0.15, -0.1) is 0 Å². The number of hydrogen-bond acceptors (Lipinski definition) is 5. The molecule has 0 spiro atoms. The molecule has 18 heavy (non-hydrogen) atoms. The predicted molar refractivity (Wildman–Crippen MR) is 64.7 cm³/mol. The zero-order valence-corrected chi connectivity index (χ0v) is 11.2.